The zero-order valence-electron chi connectivity index (χ0n) is 13.2. The van der Waals surface area contributed by atoms with Gasteiger partial charge in [0.15, 0.2) is 0 Å². The highest BCUT2D eigenvalue weighted by atomic mass is 16.5. The summed E-state index contributed by atoms with van der Waals surface area (Å²) in [5.41, 5.74) is 6.64. The van der Waals surface area contributed by atoms with E-state index < -0.39 is 0 Å². The van der Waals surface area contributed by atoms with Crippen LogP contribution >= 0.6 is 0 Å². The van der Waals surface area contributed by atoms with Crippen LogP contribution in [-0.4, -0.2) is 52.2 Å². The summed E-state index contributed by atoms with van der Waals surface area (Å²) < 4.78 is 10.3. The van der Waals surface area contributed by atoms with Crippen molar-refractivity contribution in [2.45, 2.75) is 12.8 Å². The highest BCUT2D eigenvalue weighted by Crippen LogP contribution is 2.30. The topological polar surface area (TPSA) is 76.8 Å². The molecule has 118 valence electrons. The molecule has 0 aromatic heterocycles. The Bertz CT molecular complexity index is 475. The van der Waals surface area contributed by atoms with Crippen LogP contribution in [-0.2, 0) is 0 Å². The Labute approximate surface area is 126 Å². The molecule has 3 N–H and O–H groups in total. The molecule has 0 bridgehead atoms. The Hall–Kier alpha value is -1.95. The van der Waals surface area contributed by atoms with E-state index in [-0.39, 0.29) is 5.91 Å². The summed E-state index contributed by atoms with van der Waals surface area (Å²) in [6, 6.07) is 3.27. The second-order valence-corrected chi connectivity index (χ2v) is 5.06. The predicted molar refractivity (Wildman–Crippen MR) is 84.1 cm³/mol. The molecular weight excluding hydrogens is 270 g/mol. The summed E-state index contributed by atoms with van der Waals surface area (Å²) in [5, 5.41) is 2.87. The predicted octanol–water partition coefficient (Wildman–Crippen LogP) is 1.36. The number of hydrogen-bond acceptors (Lipinski definition) is 5. The number of nitrogen functional groups attached to an aromatic ring is 1. The van der Waals surface area contributed by atoms with Crippen LogP contribution in [0, 0.1) is 0 Å². The van der Waals surface area contributed by atoms with Gasteiger partial charge >= 0.3 is 0 Å². The average Bonchev–Trinajstić information content (AvgIpc) is 2.46. The maximum atomic E-state index is 12.2. The van der Waals surface area contributed by atoms with Crippen molar-refractivity contribution in [3.63, 3.8) is 0 Å². The monoisotopic (exact) mass is 295 g/mol. The van der Waals surface area contributed by atoms with E-state index in [1.807, 2.05) is 14.1 Å². The lowest BCUT2D eigenvalue weighted by Gasteiger charge is -2.13. The summed E-state index contributed by atoms with van der Waals surface area (Å²) in [4.78, 5) is 14.3. The van der Waals surface area contributed by atoms with Crippen LogP contribution in [0.4, 0.5) is 5.69 Å². The van der Waals surface area contributed by atoms with Crippen molar-refractivity contribution in [1.29, 1.82) is 0 Å². The number of carbonyl (C=O) groups is 1. The zero-order valence-corrected chi connectivity index (χ0v) is 13.2. The van der Waals surface area contributed by atoms with Gasteiger partial charge < -0.3 is 25.4 Å². The van der Waals surface area contributed by atoms with Gasteiger partial charge in [-0.1, -0.05) is 0 Å². The first kappa shape index (κ1) is 17.1. The van der Waals surface area contributed by atoms with Gasteiger partial charge in [-0.3, -0.25) is 4.79 Å². The molecule has 0 atom stereocenters. The molecule has 1 rings (SSSR count). The molecule has 1 amide bonds. The lowest BCUT2D eigenvalue weighted by Crippen LogP contribution is -2.26. The molecule has 1 aromatic rings. The summed E-state index contributed by atoms with van der Waals surface area (Å²) in [7, 11) is 7.10. The Morgan fingerprint density at radius 1 is 1.24 bits per heavy atom. The Morgan fingerprint density at radius 2 is 1.95 bits per heavy atom. The molecule has 0 aliphatic rings. The SMILES string of the molecule is COc1cc(OC)c(N)c(C(=O)NCCCCN(C)C)c1. The third-order valence-corrected chi connectivity index (χ3v) is 3.13. The second kappa shape index (κ2) is 8.36. The highest BCUT2D eigenvalue weighted by Gasteiger charge is 2.15. The normalized spacial score (nSPS) is 10.5. The maximum absolute atomic E-state index is 12.2. The Morgan fingerprint density at radius 3 is 2.52 bits per heavy atom. The molecule has 0 saturated heterocycles. The zero-order chi connectivity index (χ0) is 15.8. The molecule has 0 aliphatic heterocycles. The lowest BCUT2D eigenvalue weighted by atomic mass is 10.1. The average molecular weight is 295 g/mol. The van der Waals surface area contributed by atoms with Crippen molar-refractivity contribution in [1.82, 2.24) is 10.2 Å². The summed E-state index contributed by atoms with van der Waals surface area (Å²) in [6.45, 7) is 1.62. The van der Waals surface area contributed by atoms with E-state index in [4.69, 9.17) is 15.2 Å². The van der Waals surface area contributed by atoms with Gasteiger partial charge in [-0.05, 0) is 39.5 Å². The van der Waals surface area contributed by atoms with Gasteiger partial charge in [0.25, 0.3) is 5.91 Å². The Balaban J connectivity index is 2.65. The minimum Gasteiger partial charge on any atom is -0.497 e. The number of ether oxygens (including phenoxy) is 2. The number of carbonyl (C=O) groups excluding carboxylic acids is 1. The summed E-state index contributed by atoms with van der Waals surface area (Å²) in [5.74, 6) is 0.764. The van der Waals surface area contributed by atoms with Crippen molar-refractivity contribution in [2.75, 3.05) is 47.1 Å². The van der Waals surface area contributed by atoms with Gasteiger partial charge in [0.05, 0.1) is 25.5 Å². The standard InChI is InChI=1S/C15H25N3O3/c1-18(2)8-6-5-7-17-15(19)12-9-11(20-3)10-13(21-4)14(12)16/h9-10H,5-8,16H2,1-4H3,(H,17,19). The molecule has 0 unspecified atom stereocenters. The molecule has 0 radical (unpaired) electrons. The number of benzene rings is 1. The van der Waals surface area contributed by atoms with E-state index in [0.717, 1.165) is 19.4 Å². The molecule has 0 spiro atoms. The van der Waals surface area contributed by atoms with E-state index in [2.05, 4.69) is 10.2 Å². The van der Waals surface area contributed by atoms with Crippen molar-refractivity contribution in [2.24, 2.45) is 0 Å². The van der Waals surface area contributed by atoms with E-state index in [1.165, 1.54) is 14.2 Å². The smallest absolute Gasteiger partial charge is 0.253 e. The van der Waals surface area contributed by atoms with Gasteiger partial charge in [-0.25, -0.2) is 0 Å². The van der Waals surface area contributed by atoms with Crippen molar-refractivity contribution in [3.05, 3.63) is 17.7 Å². The maximum Gasteiger partial charge on any atom is 0.253 e. The summed E-state index contributed by atoms with van der Waals surface area (Å²) >= 11 is 0. The highest BCUT2D eigenvalue weighted by molar-refractivity contribution is 6.00. The molecule has 0 heterocycles. The van der Waals surface area contributed by atoms with Crippen LogP contribution in [0.25, 0.3) is 0 Å². The summed E-state index contributed by atoms with van der Waals surface area (Å²) in [6.07, 6.45) is 1.95. The Kier molecular flexibility index (Phi) is 6.81. The molecule has 0 fully saturated rings. The largest absolute Gasteiger partial charge is 0.497 e. The van der Waals surface area contributed by atoms with Gasteiger partial charge in [0, 0.05) is 12.6 Å². The molecular formula is C15H25N3O3. The molecule has 1 aromatic carbocycles. The van der Waals surface area contributed by atoms with Crippen molar-refractivity contribution in [3.8, 4) is 11.5 Å². The minimum absolute atomic E-state index is 0.213. The fourth-order valence-electron chi connectivity index (χ4n) is 1.93. The first-order chi connectivity index (χ1) is 9.99. The number of methoxy groups -OCH3 is 2. The quantitative estimate of drug-likeness (QED) is 0.559. The molecule has 6 heteroatoms. The number of hydrogen-bond donors (Lipinski definition) is 2. The van der Waals surface area contributed by atoms with Gasteiger partial charge in [0.2, 0.25) is 0 Å². The number of anilines is 1. The number of amides is 1. The van der Waals surface area contributed by atoms with Crippen LogP contribution in [0.1, 0.15) is 23.2 Å². The lowest BCUT2D eigenvalue weighted by molar-refractivity contribution is 0.0953. The first-order valence-corrected chi connectivity index (χ1v) is 6.94. The molecule has 6 nitrogen and oxygen atoms in total. The number of rotatable bonds is 8. The third kappa shape index (κ3) is 5.15. The van der Waals surface area contributed by atoms with Gasteiger partial charge in [0.1, 0.15) is 11.5 Å². The van der Waals surface area contributed by atoms with E-state index in [1.54, 1.807) is 12.1 Å². The molecule has 0 aliphatic carbocycles. The first-order valence-electron chi connectivity index (χ1n) is 6.94. The van der Waals surface area contributed by atoms with Gasteiger partial charge in [-0.2, -0.15) is 0 Å². The fraction of sp³-hybridized carbons (Fsp3) is 0.533. The van der Waals surface area contributed by atoms with Gasteiger partial charge in [-0.15, -0.1) is 0 Å². The van der Waals surface area contributed by atoms with Crippen LogP contribution in [0.5, 0.6) is 11.5 Å². The minimum atomic E-state index is -0.213. The van der Waals surface area contributed by atoms with E-state index in [9.17, 15) is 4.79 Å². The van der Waals surface area contributed by atoms with Crippen LogP contribution in [0.2, 0.25) is 0 Å². The second-order valence-electron chi connectivity index (χ2n) is 5.06. The number of nitrogens with two attached hydrogens (primary N) is 1. The molecule has 21 heavy (non-hydrogen) atoms. The van der Waals surface area contributed by atoms with Crippen LogP contribution < -0.4 is 20.5 Å². The van der Waals surface area contributed by atoms with Crippen molar-refractivity contribution >= 4 is 11.6 Å². The van der Waals surface area contributed by atoms with Crippen LogP contribution in [0.3, 0.4) is 0 Å². The van der Waals surface area contributed by atoms with Crippen molar-refractivity contribution < 1.29 is 14.3 Å². The third-order valence-electron chi connectivity index (χ3n) is 3.13. The van der Waals surface area contributed by atoms with E-state index in [0.29, 0.717) is 29.3 Å². The fourth-order valence-corrected chi connectivity index (χ4v) is 1.93. The molecule has 0 saturated carbocycles. The van der Waals surface area contributed by atoms with E-state index >= 15 is 0 Å². The number of nitrogens with zero attached hydrogens (tertiary/aromatic N) is 1. The van der Waals surface area contributed by atoms with Crippen LogP contribution in [0.15, 0.2) is 12.1 Å². The number of nitrogens with one attached hydrogen (secondary N) is 1. The number of unbranched alkanes of at least 4 members (excludes halogenated alkanes) is 1.